The molecule has 1 heteroatoms. The van der Waals surface area contributed by atoms with E-state index in [9.17, 15) is 0 Å². The molecule has 1 aromatic carbocycles. The van der Waals surface area contributed by atoms with E-state index in [0.29, 0.717) is 12.7 Å². The van der Waals surface area contributed by atoms with E-state index >= 15 is 0 Å². The Morgan fingerprint density at radius 3 is 2.50 bits per heavy atom. The van der Waals surface area contributed by atoms with Crippen LogP contribution in [0.2, 0.25) is 0 Å². The fraction of sp³-hybridized carbons (Fsp3) is 0.385. The molecule has 0 saturated heterocycles. The van der Waals surface area contributed by atoms with E-state index < -0.39 is 0 Å². The van der Waals surface area contributed by atoms with Crippen molar-refractivity contribution in [3.63, 3.8) is 0 Å². The number of hydrogen-bond donors (Lipinski definition) is 0. The summed E-state index contributed by atoms with van der Waals surface area (Å²) in [6.45, 7) is 6.91. The van der Waals surface area contributed by atoms with E-state index in [4.69, 9.17) is 4.74 Å². The molecule has 0 N–H and O–H groups in total. The fourth-order valence-electron chi connectivity index (χ4n) is 1.17. The van der Waals surface area contributed by atoms with E-state index in [2.05, 4.69) is 39.0 Å². The van der Waals surface area contributed by atoms with Crippen LogP contribution in [-0.2, 0) is 4.74 Å². The summed E-state index contributed by atoms with van der Waals surface area (Å²) in [7, 11) is 0. The molecule has 1 nitrogen and oxygen atoms in total. The Bertz CT molecular complexity index is 285. The van der Waals surface area contributed by atoms with Crippen LogP contribution in [0.15, 0.2) is 35.9 Å². The first-order valence-electron chi connectivity index (χ1n) is 5.02. The highest BCUT2D eigenvalue weighted by Gasteiger charge is 1.94. The first kappa shape index (κ1) is 11.0. The maximum atomic E-state index is 5.51. The van der Waals surface area contributed by atoms with Gasteiger partial charge >= 0.3 is 0 Å². The summed E-state index contributed by atoms with van der Waals surface area (Å²) in [6.07, 6.45) is 2.46. The normalized spacial score (nSPS) is 12.1. The number of ether oxygens (including phenoxy) is 1. The molecule has 0 spiro atoms. The number of rotatable bonds is 4. The first-order chi connectivity index (χ1) is 6.68. The maximum Gasteiger partial charge on any atom is 0.0680 e. The van der Waals surface area contributed by atoms with Gasteiger partial charge in [0.25, 0.3) is 0 Å². The Kier molecular flexibility index (Phi) is 4.41. The molecule has 1 aromatic rings. The fourth-order valence-corrected chi connectivity index (χ4v) is 1.17. The predicted molar refractivity (Wildman–Crippen MR) is 61.2 cm³/mol. The van der Waals surface area contributed by atoms with Gasteiger partial charge in [-0.3, -0.25) is 0 Å². The second-order valence-electron chi connectivity index (χ2n) is 3.76. The van der Waals surface area contributed by atoms with Gasteiger partial charge in [-0.25, -0.2) is 0 Å². The van der Waals surface area contributed by atoms with E-state index in [1.54, 1.807) is 0 Å². The van der Waals surface area contributed by atoms with E-state index in [1.807, 2.05) is 18.2 Å². The SMILES string of the molecule is CC(=Cc1ccccc1)COC(C)C. The third-order valence-electron chi connectivity index (χ3n) is 1.86. The molecular formula is C13H18O. The molecule has 0 aliphatic carbocycles. The second kappa shape index (κ2) is 5.61. The van der Waals surface area contributed by atoms with Crippen LogP contribution in [0.25, 0.3) is 6.08 Å². The highest BCUT2D eigenvalue weighted by atomic mass is 16.5. The van der Waals surface area contributed by atoms with Crippen LogP contribution in [0.1, 0.15) is 26.3 Å². The van der Waals surface area contributed by atoms with Gasteiger partial charge in [-0.2, -0.15) is 0 Å². The van der Waals surface area contributed by atoms with E-state index in [0.717, 1.165) is 0 Å². The zero-order chi connectivity index (χ0) is 10.4. The molecule has 0 unspecified atom stereocenters. The summed E-state index contributed by atoms with van der Waals surface area (Å²) < 4.78 is 5.51. The quantitative estimate of drug-likeness (QED) is 0.706. The monoisotopic (exact) mass is 190 g/mol. The molecule has 1 rings (SSSR count). The van der Waals surface area contributed by atoms with E-state index in [-0.39, 0.29) is 0 Å². The molecule has 0 heterocycles. The van der Waals surface area contributed by atoms with Crippen LogP contribution < -0.4 is 0 Å². The highest BCUT2D eigenvalue weighted by Crippen LogP contribution is 2.06. The number of benzene rings is 1. The van der Waals surface area contributed by atoms with Crippen molar-refractivity contribution in [2.75, 3.05) is 6.61 Å². The van der Waals surface area contributed by atoms with E-state index in [1.165, 1.54) is 11.1 Å². The van der Waals surface area contributed by atoms with Gasteiger partial charge in [-0.05, 0) is 31.9 Å². The Morgan fingerprint density at radius 2 is 1.93 bits per heavy atom. The Labute approximate surface area is 86.4 Å². The van der Waals surface area contributed by atoms with Crippen molar-refractivity contribution in [3.05, 3.63) is 41.5 Å². The highest BCUT2D eigenvalue weighted by molar-refractivity contribution is 5.52. The van der Waals surface area contributed by atoms with Gasteiger partial charge in [0.1, 0.15) is 0 Å². The van der Waals surface area contributed by atoms with Crippen LogP contribution in [0.5, 0.6) is 0 Å². The van der Waals surface area contributed by atoms with Gasteiger partial charge in [0.05, 0.1) is 12.7 Å². The van der Waals surface area contributed by atoms with Crippen LogP contribution in [-0.4, -0.2) is 12.7 Å². The largest absolute Gasteiger partial charge is 0.374 e. The van der Waals surface area contributed by atoms with Crippen LogP contribution in [0.4, 0.5) is 0 Å². The smallest absolute Gasteiger partial charge is 0.0680 e. The summed E-state index contributed by atoms with van der Waals surface area (Å²) in [4.78, 5) is 0. The van der Waals surface area contributed by atoms with Crippen LogP contribution >= 0.6 is 0 Å². The summed E-state index contributed by atoms with van der Waals surface area (Å²) in [6, 6.07) is 10.3. The molecule has 14 heavy (non-hydrogen) atoms. The molecule has 0 bridgehead atoms. The van der Waals surface area contributed by atoms with Crippen molar-refractivity contribution >= 4 is 6.08 Å². The minimum absolute atomic E-state index is 0.300. The molecular weight excluding hydrogens is 172 g/mol. The van der Waals surface area contributed by atoms with Crippen molar-refractivity contribution in [3.8, 4) is 0 Å². The van der Waals surface area contributed by atoms with Crippen LogP contribution in [0.3, 0.4) is 0 Å². The molecule has 0 aliphatic rings. The second-order valence-corrected chi connectivity index (χ2v) is 3.76. The molecule has 0 fully saturated rings. The third kappa shape index (κ3) is 4.24. The average Bonchev–Trinajstić information content (AvgIpc) is 2.16. The zero-order valence-electron chi connectivity index (χ0n) is 9.16. The van der Waals surface area contributed by atoms with Gasteiger partial charge in [0.2, 0.25) is 0 Å². The van der Waals surface area contributed by atoms with Crippen molar-refractivity contribution in [1.82, 2.24) is 0 Å². The van der Waals surface area contributed by atoms with Gasteiger partial charge in [0, 0.05) is 0 Å². The molecule has 76 valence electrons. The van der Waals surface area contributed by atoms with Crippen molar-refractivity contribution in [1.29, 1.82) is 0 Å². The molecule has 0 atom stereocenters. The summed E-state index contributed by atoms with van der Waals surface area (Å²) in [5.41, 5.74) is 2.49. The lowest BCUT2D eigenvalue weighted by Crippen LogP contribution is -2.04. The minimum atomic E-state index is 0.300. The molecule has 0 aliphatic heterocycles. The Morgan fingerprint density at radius 1 is 1.29 bits per heavy atom. The first-order valence-corrected chi connectivity index (χ1v) is 5.02. The van der Waals surface area contributed by atoms with Crippen molar-refractivity contribution < 1.29 is 4.74 Å². The molecule has 0 amide bonds. The lowest BCUT2D eigenvalue weighted by molar-refractivity contribution is 0.0978. The van der Waals surface area contributed by atoms with Gasteiger partial charge in [-0.15, -0.1) is 0 Å². The van der Waals surface area contributed by atoms with Gasteiger partial charge in [-0.1, -0.05) is 36.4 Å². The van der Waals surface area contributed by atoms with Gasteiger partial charge in [0.15, 0.2) is 0 Å². The Hall–Kier alpha value is -1.08. The van der Waals surface area contributed by atoms with Gasteiger partial charge < -0.3 is 4.74 Å². The summed E-state index contributed by atoms with van der Waals surface area (Å²) in [5, 5.41) is 0. The topological polar surface area (TPSA) is 9.23 Å². The summed E-state index contributed by atoms with van der Waals surface area (Å²) >= 11 is 0. The lowest BCUT2D eigenvalue weighted by Gasteiger charge is -2.07. The Balaban J connectivity index is 2.52. The number of hydrogen-bond acceptors (Lipinski definition) is 1. The minimum Gasteiger partial charge on any atom is -0.374 e. The standard InChI is InChI=1S/C13H18O/c1-11(2)14-10-12(3)9-13-7-5-4-6-8-13/h4-9,11H,10H2,1-3H3. The zero-order valence-corrected chi connectivity index (χ0v) is 9.16. The maximum absolute atomic E-state index is 5.51. The summed E-state index contributed by atoms with van der Waals surface area (Å²) in [5.74, 6) is 0. The molecule has 0 aromatic heterocycles. The van der Waals surface area contributed by atoms with Crippen molar-refractivity contribution in [2.24, 2.45) is 0 Å². The average molecular weight is 190 g/mol. The third-order valence-corrected chi connectivity index (χ3v) is 1.86. The van der Waals surface area contributed by atoms with Crippen LogP contribution in [0, 0.1) is 0 Å². The molecule has 0 radical (unpaired) electrons. The van der Waals surface area contributed by atoms with Crippen molar-refractivity contribution in [2.45, 2.75) is 26.9 Å². The molecule has 0 saturated carbocycles. The lowest BCUT2D eigenvalue weighted by atomic mass is 10.1. The predicted octanol–water partition coefficient (Wildman–Crippen LogP) is 3.51.